The largest absolute Gasteiger partial charge is 0.455 e. The van der Waals surface area contributed by atoms with E-state index < -0.39 is 5.60 Å². The monoisotopic (exact) mass is 313 g/mol. The van der Waals surface area contributed by atoms with Gasteiger partial charge in [0, 0.05) is 11.3 Å². The Balaban J connectivity index is 2.60. The number of aryl methyl sites for hydroxylation is 2. The van der Waals surface area contributed by atoms with Gasteiger partial charge in [-0.15, -0.1) is 0 Å². The molecule has 3 heteroatoms. The van der Waals surface area contributed by atoms with Crippen molar-refractivity contribution in [2.24, 2.45) is 0 Å². The zero-order chi connectivity index (χ0) is 17.2. The number of carbonyl (C=O) groups excluding carboxylic acids is 1. The molecule has 0 fully saturated rings. The van der Waals surface area contributed by atoms with E-state index in [1.807, 2.05) is 32.9 Å². The summed E-state index contributed by atoms with van der Waals surface area (Å²) in [4.78, 5) is 15.9. The number of nitrogens with one attached hydrogen (secondary N) is 1. The summed E-state index contributed by atoms with van der Waals surface area (Å²) in [7, 11) is 0. The molecular formula is C20H27NO2. The van der Waals surface area contributed by atoms with Crippen LogP contribution in [0.25, 0.3) is 11.1 Å². The molecule has 2 aromatic rings. The number of H-pyrrole nitrogens is 1. The van der Waals surface area contributed by atoms with Gasteiger partial charge in [0.05, 0.1) is 0 Å². The van der Waals surface area contributed by atoms with Gasteiger partial charge in [-0.2, -0.15) is 0 Å². The highest BCUT2D eigenvalue weighted by Gasteiger charge is 2.26. The molecule has 0 atom stereocenters. The number of aromatic amines is 1. The summed E-state index contributed by atoms with van der Waals surface area (Å²) in [6.45, 7) is 12.0. The molecule has 3 nitrogen and oxygen atoms in total. The average molecular weight is 313 g/mol. The molecular weight excluding hydrogens is 286 g/mol. The molecule has 0 saturated carbocycles. The van der Waals surface area contributed by atoms with Gasteiger partial charge in [0.25, 0.3) is 0 Å². The van der Waals surface area contributed by atoms with Crippen LogP contribution < -0.4 is 0 Å². The Hall–Kier alpha value is -2.03. The Morgan fingerprint density at radius 1 is 1.13 bits per heavy atom. The maximum absolute atomic E-state index is 12.6. The summed E-state index contributed by atoms with van der Waals surface area (Å²) in [5, 5.41) is 0. The zero-order valence-corrected chi connectivity index (χ0v) is 15.0. The molecule has 1 heterocycles. The summed E-state index contributed by atoms with van der Waals surface area (Å²) >= 11 is 0. The topological polar surface area (TPSA) is 42.1 Å². The predicted molar refractivity (Wildman–Crippen MR) is 94.9 cm³/mol. The van der Waals surface area contributed by atoms with Gasteiger partial charge in [0.2, 0.25) is 0 Å². The molecule has 0 aliphatic rings. The maximum atomic E-state index is 12.6. The second-order valence-electron chi connectivity index (χ2n) is 6.86. The molecule has 0 unspecified atom stereocenters. The van der Waals surface area contributed by atoms with Crippen molar-refractivity contribution in [2.45, 2.75) is 60.0 Å². The molecule has 0 aliphatic carbocycles. The third-order valence-electron chi connectivity index (χ3n) is 3.91. The van der Waals surface area contributed by atoms with Gasteiger partial charge in [0.1, 0.15) is 11.3 Å². The number of carbonyl (C=O) groups is 1. The molecule has 2 rings (SSSR count). The van der Waals surface area contributed by atoms with Crippen molar-refractivity contribution in [1.82, 2.24) is 4.98 Å². The normalized spacial score (nSPS) is 11.6. The number of esters is 1. The van der Waals surface area contributed by atoms with Crippen LogP contribution in [0.5, 0.6) is 0 Å². The number of rotatable bonds is 4. The van der Waals surface area contributed by atoms with Crippen LogP contribution in [0.2, 0.25) is 0 Å². The molecule has 1 aromatic heterocycles. The van der Waals surface area contributed by atoms with E-state index in [9.17, 15) is 4.79 Å². The lowest BCUT2D eigenvalue weighted by atomic mass is 9.94. The number of aromatic nitrogens is 1. The standard InChI is InChI=1S/C20H27NO2/c1-7-14-17(15-12-10-9-11-13(15)3)16(8-2)21-18(14)19(22)23-20(4,5)6/h9-12,21H,7-8H2,1-6H3. The quantitative estimate of drug-likeness (QED) is 0.801. The molecule has 0 bridgehead atoms. The zero-order valence-electron chi connectivity index (χ0n) is 15.0. The van der Waals surface area contributed by atoms with E-state index in [1.165, 1.54) is 11.1 Å². The Morgan fingerprint density at radius 2 is 1.78 bits per heavy atom. The fourth-order valence-corrected chi connectivity index (χ4v) is 2.90. The van der Waals surface area contributed by atoms with Gasteiger partial charge in [-0.05, 0) is 57.2 Å². The first-order valence-corrected chi connectivity index (χ1v) is 8.31. The summed E-state index contributed by atoms with van der Waals surface area (Å²) in [6, 6.07) is 8.31. The fourth-order valence-electron chi connectivity index (χ4n) is 2.90. The lowest BCUT2D eigenvalue weighted by Crippen LogP contribution is -2.24. The molecule has 0 saturated heterocycles. The molecule has 0 aliphatic heterocycles. The minimum absolute atomic E-state index is 0.274. The molecule has 1 aromatic carbocycles. The average Bonchev–Trinajstić information content (AvgIpc) is 2.84. The minimum atomic E-state index is -0.498. The summed E-state index contributed by atoms with van der Waals surface area (Å²) in [5.74, 6) is -0.274. The summed E-state index contributed by atoms with van der Waals surface area (Å²) in [6.07, 6.45) is 1.63. The summed E-state index contributed by atoms with van der Waals surface area (Å²) in [5.41, 5.74) is 5.80. The Bertz CT molecular complexity index is 705. The highest BCUT2D eigenvalue weighted by Crippen LogP contribution is 2.34. The van der Waals surface area contributed by atoms with E-state index in [0.29, 0.717) is 5.69 Å². The number of hydrogen-bond acceptors (Lipinski definition) is 2. The van der Waals surface area contributed by atoms with Crippen LogP contribution in [0.3, 0.4) is 0 Å². The molecule has 0 spiro atoms. The lowest BCUT2D eigenvalue weighted by molar-refractivity contribution is 0.00623. The highest BCUT2D eigenvalue weighted by molar-refractivity contribution is 5.93. The lowest BCUT2D eigenvalue weighted by Gasteiger charge is -2.19. The van der Waals surface area contributed by atoms with E-state index in [-0.39, 0.29) is 5.97 Å². The smallest absolute Gasteiger partial charge is 0.355 e. The first kappa shape index (κ1) is 17.3. The predicted octanol–water partition coefficient (Wildman–Crippen LogP) is 5.07. The molecule has 0 amide bonds. The third-order valence-corrected chi connectivity index (χ3v) is 3.91. The number of ether oxygens (including phenoxy) is 1. The van der Waals surface area contributed by atoms with Crippen molar-refractivity contribution in [3.8, 4) is 11.1 Å². The number of hydrogen-bond donors (Lipinski definition) is 1. The molecule has 23 heavy (non-hydrogen) atoms. The van der Waals surface area contributed by atoms with Crippen molar-refractivity contribution < 1.29 is 9.53 Å². The van der Waals surface area contributed by atoms with Crippen LogP contribution in [0.1, 0.15) is 61.9 Å². The van der Waals surface area contributed by atoms with Crippen LogP contribution in [0.4, 0.5) is 0 Å². The first-order chi connectivity index (χ1) is 10.8. The van der Waals surface area contributed by atoms with E-state index >= 15 is 0 Å². The molecule has 0 radical (unpaired) electrons. The Labute approximate surface area is 139 Å². The van der Waals surface area contributed by atoms with E-state index in [4.69, 9.17) is 4.74 Å². The third kappa shape index (κ3) is 3.66. The van der Waals surface area contributed by atoms with Crippen molar-refractivity contribution >= 4 is 5.97 Å². The van der Waals surface area contributed by atoms with Crippen LogP contribution in [-0.4, -0.2) is 16.6 Å². The van der Waals surface area contributed by atoms with Crippen LogP contribution in [-0.2, 0) is 17.6 Å². The van der Waals surface area contributed by atoms with Crippen molar-refractivity contribution in [3.63, 3.8) is 0 Å². The summed E-state index contributed by atoms with van der Waals surface area (Å²) < 4.78 is 5.58. The Morgan fingerprint density at radius 3 is 2.30 bits per heavy atom. The van der Waals surface area contributed by atoms with Gasteiger partial charge in [0.15, 0.2) is 0 Å². The van der Waals surface area contributed by atoms with Crippen LogP contribution in [0, 0.1) is 6.92 Å². The highest BCUT2D eigenvalue weighted by atomic mass is 16.6. The van der Waals surface area contributed by atoms with E-state index in [0.717, 1.165) is 29.7 Å². The maximum Gasteiger partial charge on any atom is 0.355 e. The van der Waals surface area contributed by atoms with Gasteiger partial charge in [-0.1, -0.05) is 38.1 Å². The molecule has 1 N–H and O–H groups in total. The van der Waals surface area contributed by atoms with Crippen molar-refractivity contribution in [3.05, 3.63) is 46.8 Å². The SMILES string of the molecule is CCc1[nH]c(C(=O)OC(C)(C)C)c(CC)c1-c1ccccc1C. The minimum Gasteiger partial charge on any atom is -0.455 e. The van der Waals surface area contributed by atoms with E-state index in [2.05, 4.69) is 37.9 Å². The second kappa shape index (κ2) is 6.61. The first-order valence-electron chi connectivity index (χ1n) is 8.31. The fraction of sp³-hybridized carbons (Fsp3) is 0.450. The molecule has 124 valence electrons. The Kier molecular flexibility index (Phi) is 4.98. The number of benzene rings is 1. The van der Waals surface area contributed by atoms with Gasteiger partial charge in [-0.25, -0.2) is 4.79 Å². The van der Waals surface area contributed by atoms with Crippen molar-refractivity contribution in [1.29, 1.82) is 0 Å². The van der Waals surface area contributed by atoms with Crippen molar-refractivity contribution in [2.75, 3.05) is 0 Å². The van der Waals surface area contributed by atoms with Gasteiger partial charge < -0.3 is 9.72 Å². The van der Waals surface area contributed by atoms with Crippen LogP contribution >= 0.6 is 0 Å². The van der Waals surface area contributed by atoms with Gasteiger partial charge in [-0.3, -0.25) is 0 Å². The second-order valence-corrected chi connectivity index (χ2v) is 6.86. The van der Waals surface area contributed by atoms with Gasteiger partial charge >= 0.3 is 5.97 Å². The van der Waals surface area contributed by atoms with E-state index in [1.54, 1.807) is 0 Å². The van der Waals surface area contributed by atoms with Crippen LogP contribution in [0.15, 0.2) is 24.3 Å².